The number of rotatable bonds is 9. The zero-order valence-corrected chi connectivity index (χ0v) is 30.7. The number of allylic oxidation sites excluding steroid dienone is 2. The number of pyridine rings is 1. The van der Waals surface area contributed by atoms with Gasteiger partial charge in [0.2, 0.25) is 0 Å². The van der Waals surface area contributed by atoms with E-state index < -0.39 is 11.6 Å². The van der Waals surface area contributed by atoms with Crippen LogP contribution in [0.2, 0.25) is 0 Å². The maximum absolute atomic E-state index is 13.5. The molecule has 0 spiro atoms. The average molecular weight is 821 g/mol. The molecule has 1 aliphatic carbocycles. The van der Waals surface area contributed by atoms with E-state index in [9.17, 15) is 23.1 Å². The molecule has 3 aromatic carbocycles. The van der Waals surface area contributed by atoms with Crippen molar-refractivity contribution in [2.75, 3.05) is 0 Å². The molecule has 1 aliphatic rings. The third-order valence-electron chi connectivity index (χ3n) is 9.25. The molecule has 1 heterocycles. The number of aliphatic hydroxyl groups is 1. The number of carbonyl (C=O) groups excluding carboxylic acids is 1. The van der Waals surface area contributed by atoms with Gasteiger partial charge in [-0.05, 0) is 66.1 Å². The molecule has 5 rings (SSSR count). The summed E-state index contributed by atoms with van der Waals surface area (Å²) >= 11 is 0. The van der Waals surface area contributed by atoms with Crippen molar-refractivity contribution in [1.82, 2.24) is 4.98 Å². The molecular formula is C40H45F3IrNO2-. The van der Waals surface area contributed by atoms with E-state index in [1.807, 2.05) is 71.0 Å². The number of aryl methyl sites for hydroxylation is 1. The molecule has 1 N–H and O–H groups in total. The van der Waals surface area contributed by atoms with Crippen molar-refractivity contribution in [1.29, 1.82) is 0 Å². The van der Waals surface area contributed by atoms with Gasteiger partial charge in [-0.1, -0.05) is 102 Å². The second-order valence-electron chi connectivity index (χ2n) is 12.9. The van der Waals surface area contributed by atoms with Crippen molar-refractivity contribution in [3.05, 3.63) is 89.8 Å². The molecule has 1 aromatic heterocycles. The Hall–Kier alpha value is -3.28. The number of benzene rings is 3. The van der Waals surface area contributed by atoms with Gasteiger partial charge in [0.05, 0.1) is 11.2 Å². The largest absolute Gasteiger partial charge is 0.512 e. The standard InChI is InChI=1S/C27H21F3N.C13H24O2.Ir/c1-16-12-18-6-4-7-20-19-10-9-17(15-26(2,3)27(28,29)30)14-22(19)21-8-5-11-31-25(21)23(13-16)24(18)20;1-5-10(6-2)12(14)9-13(15)11(7-3)8-4;/h4-12,14H,15H2,1-3H3;9-11,14H,5-8H2,1-4H3;/q-1;;/b;12-9-;. The maximum atomic E-state index is 13.5. The Kier molecular flexibility index (Phi) is 12.8. The fourth-order valence-electron chi connectivity index (χ4n) is 6.27. The molecule has 1 radical (unpaired) electrons. The number of hydrogen-bond acceptors (Lipinski definition) is 3. The molecule has 0 saturated heterocycles. The van der Waals surface area contributed by atoms with Gasteiger partial charge in [-0.15, -0.1) is 28.6 Å². The van der Waals surface area contributed by atoms with Crippen LogP contribution in [0.4, 0.5) is 13.2 Å². The summed E-state index contributed by atoms with van der Waals surface area (Å²) in [7, 11) is 0. The third-order valence-corrected chi connectivity index (χ3v) is 9.25. The van der Waals surface area contributed by atoms with E-state index in [2.05, 4.69) is 29.2 Å². The number of alkyl halides is 3. The molecule has 7 heteroatoms. The number of carbonyl (C=O) groups is 1. The molecule has 253 valence electrons. The summed E-state index contributed by atoms with van der Waals surface area (Å²) in [5.74, 6) is 0.547. The van der Waals surface area contributed by atoms with Crippen molar-refractivity contribution in [2.45, 2.75) is 86.7 Å². The number of aromatic nitrogens is 1. The van der Waals surface area contributed by atoms with Crippen molar-refractivity contribution in [2.24, 2.45) is 17.3 Å². The van der Waals surface area contributed by atoms with Crippen LogP contribution in [0.15, 0.2) is 72.6 Å². The van der Waals surface area contributed by atoms with Crippen LogP contribution >= 0.6 is 0 Å². The van der Waals surface area contributed by atoms with Crippen molar-refractivity contribution >= 4 is 16.6 Å². The molecule has 0 amide bonds. The number of aliphatic hydroxyl groups excluding tert-OH is 1. The average Bonchev–Trinajstić information content (AvgIpc) is 3.12. The first-order valence-corrected chi connectivity index (χ1v) is 16.3. The molecule has 0 atom stereocenters. The summed E-state index contributed by atoms with van der Waals surface area (Å²) < 4.78 is 40.6. The molecule has 47 heavy (non-hydrogen) atoms. The SMILES string of the molecule is CCC(CC)C(=O)/C=C(\O)C(CC)CC.Cc1[c-]c2c3c(cccc3c1)-c1ccc(CC(C)(C)C(F)(F)F)cc1-c1cccnc1-2.[Ir]. The fourth-order valence-corrected chi connectivity index (χ4v) is 6.27. The maximum Gasteiger partial charge on any atom is 0.394 e. The summed E-state index contributed by atoms with van der Waals surface area (Å²) in [5, 5.41) is 11.9. The minimum Gasteiger partial charge on any atom is -0.512 e. The predicted octanol–water partition coefficient (Wildman–Crippen LogP) is 11.7. The Balaban J connectivity index is 0.000000322. The van der Waals surface area contributed by atoms with Gasteiger partial charge in [-0.25, -0.2) is 0 Å². The van der Waals surface area contributed by atoms with Gasteiger partial charge in [-0.2, -0.15) is 13.2 Å². The minimum atomic E-state index is -4.27. The van der Waals surface area contributed by atoms with Crippen molar-refractivity contribution in [3.63, 3.8) is 0 Å². The minimum absolute atomic E-state index is 0. The topological polar surface area (TPSA) is 50.2 Å². The van der Waals surface area contributed by atoms with Crippen LogP contribution in [0.3, 0.4) is 0 Å². The Morgan fingerprint density at radius 2 is 1.51 bits per heavy atom. The summed E-state index contributed by atoms with van der Waals surface area (Å²) in [6.45, 7) is 12.6. The Bertz CT molecular complexity index is 1730. The summed E-state index contributed by atoms with van der Waals surface area (Å²) in [4.78, 5) is 16.4. The van der Waals surface area contributed by atoms with Gasteiger partial charge >= 0.3 is 6.18 Å². The van der Waals surface area contributed by atoms with Crippen LogP contribution in [-0.4, -0.2) is 22.1 Å². The number of ketones is 1. The molecule has 0 saturated carbocycles. The van der Waals surface area contributed by atoms with E-state index in [1.54, 1.807) is 6.20 Å². The summed E-state index contributed by atoms with van der Waals surface area (Å²) in [6.07, 6.45) is 2.31. The number of nitrogens with zero attached hydrogens (tertiary/aromatic N) is 1. The molecule has 4 aromatic rings. The molecule has 0 bridgehead atoms. The van der Waals surface area contributed by atoms with Gasteiger partial charge in [0.1, 0.15) is 0 Å². The van der Waals surface area contributed by atoms with E-state index in [1.165, 1.54) is 19.9 Å². The van der Waals surface area contributed by atoms with Gasteiger partial charge in [0, 0.05) is 44.2 Å². The summed E-state index contributed by atoms with van der Waals surface area (Å²) in [5.41, 5.74) is 5.52. The molecular weight excluding hydrogens is 776 g/mol. The van der Waals surface area contributed by atoms with Crippen LogP contribution < -0.4 is 0 Å². The fraction of sp³-hybridized carbons (Fsp3) is 0.400. The van der Waals surface area contributed by atoms with E-state index in [-0.39, 0.29) is 49.9 Å². The molecule has 3 nitrogen and oxygen atoms in total. The monoisotopic (exact) mass is 821 g/mol. The van der Waals surface area contributed by atoms with Crippen LogP contribution in [0.5, 0.6) is 0 Å². The Morgan fingerprint density at radius 1 is 0.872 bits per heavy atom. The van der Waals surface area contributed by atoms with Crippen molar-refractivity contribution < 1.29 is 43.2 Å². The van der Waals surface area contributed by atoms with Gasteiger partial charge in [-0.3, -0.25) is 4.79 Å². The van der Waals surface area contributed by atoms with E-state index in [4.69, 9.17) is 0 Å². The zero-order valence-electron chi connectivity index (χ0n) is 28.3. The number of halogens is 3. The van der Waals surface area contributed by atoms with Crippen molar-refractivity contribution in [3.8, 4) is 33.5 Å². The third kappa shape index (κ3) is 8.24. The van der Waals surface area contributed by atoms with Crippen LogP contribution in [0, 0.1) is 30.2 Å². The van der Waals surface area contributed by atoms with Crippen LogP contribution in [0.1, 0.15) is 78.4 Å². The summed E-state index contributed by atoms with van der Waals surface area (Å²) in [6, 6.07) is 21.3. The number of hydrogen-bond donors (Lipinski definition) is 1. The Morgan fingerprint density at radius 3 is 2.13 bits per heavy atom. The van der Waals surface area contributed by atoms with Crippen LogP contribution in [-0.2, 0) is 31.3 Å². The van der Waals surface area contributed by atoms with Gasteiger partial charge in [0.15, 0.2) is 5.78 Å². The van der Waals surface area contributed by atoms with Gasteiger partial charge in [0.25, 0.3) is 0 Å². The number of fused-ring (bicyclic) bond motifs is 5. The van der Waals surface area contributed by atoms with Crippen LogP contribution in [0.25, 0.3) is 44.3 Å². The molecule has 0 unspecified atom stereocenters. The normalized spacial score (nSPS) is 12.6. The first kappa shape index (κ1) is 38.2. The predicted molar refractivity (Wildman–Crippen MR) is 183 cm³/mol. The second-order valence-corrected chi connectivity index (χ2v) is 12.9. The first-order valence-electron chi connectivity index (χ1n) is 16.3. The molecule has 0 fully saturated rings. The smallest absolute Gasteiger partial charge is 0.394 e. The Labute approximate surface area is 291 Å². The second kappa shape index (κ2) is 15.7. The van der Waals surface area contributed by atoms with E-state index in [0.717, 1.165) is 75.5 Å². The zero-order chi connectivity index (χ0) is 33.8. The first-order chi connectivity index (χ1) is 21.8. The quantitative estimate of drug-likeness (QED) is 0.0915. The molecule has 0 aliphatic heterocycles. The van der Waals surface area contributed by atoms with E-state index in [0.29, 0.717) is 5.56 Å². The van der Waals surface area contributed by atoms with Gasteiger partial charge < -0.3 is 10.1 Å². The van der Waals surface area contributed by atoms with E-state index >= 15 is 0 Å².